The van der Waals surface area contributed by atoms with Crippen molar-refractivity contribution in [2.45, 2.75) is 77.4 Å². The molecule has 0 aliphatic heterocycles. The van der Waals surface area contributed by atoms with Crippen LogP contribution in [0, 0.1) is 34.5 Å². The van der Waals surface area contributed by atoms with E-state index >= 15 is 0 Å². The van der Waals surface area contributed by atoms with Crippen molar-refractivity contribution in [2.75, 3.05) is 13.2 Å². The van der Waals surface area contributed by atoms with Crippen molar-refractivity contribution in [2.24, 2.45) is 45.4 Å². The number of rotatable bonds is 3. The van der Waals surface area contributed by atoms with Gasteiger partial charge in [0.1, 0.15) is 6.61 Å². The number of nitrogens with zero attached hydrogens (tertiary/aromatic N) is 1. The lowest BCUT2D eigenvalue weighted by molar-refractivity contribution is -0.153. The molecular formula is C21H36N2O3. The largest absolute Gasteiger partial charge is 0.395 e. The maximum Gasteiger partial charge on any atom is 0.129 e. The van der Waals surface area contributed by atoms with Crippen molar-refractivity contribution in [3.05, 3.63) is 0 Å². The molecule has 0 aromatic heterocycles. The molecule has 4 aliphatic rings. The van der Waals surface area contributed by atoms with Crippen LogP contribution in [0.2, 0.25) is 0 Å². The van der Waals surface area contributed by atoms with Gasteiger partial charge in [-0.15, -0.1) is 0 Å². The van der Waals surface area contributed by atoms with Gasteiger partial charge in [0.2, 0.25) is 0 Å². The Bertz CT molecular complexity index is 567. The van der Waals surface area contributed by atoms with Crippen LogP contribution in [0.15, 0.2) is 5.16 Å². The van der Waals surface area contributed by atoms with E-state index in [9.17, 15) is 10.2 Å². The Morgan fingerprint density at radius 1 is 1.08 bits per heavy atom. The molecule has 8 atom stereocenters. The first-order valence-corrected chi connectivity index (χ1v) is 10.6. The number of aliphatic hydroxyl groups excluding tert-OH is 2. The molecule has 0 heterocycles. The van der Waals surface area contributed by atoms with Crippen molar-refractivity contribution in [3.8, 4) is 0 Å². The SMILES string of the molecule is C[C@]12CC/C(=N\OCCN)C[C@H]1[C@H](O)C[C@@H]1[C@@H]2CC[C@]2(C)[C@@H](O)CC[C@@H]12. The molecular weight excluding hydrogens is 328 g/mol. The first-order valence-electron chi connectivity index (χ1n) is 10.6. The van der Waals surface area contributed by atoms with Crippen LogP contribution in [0.25, 0.3) is 0 Å². The summed E-state index contributed by atoms with van der Waals surface area (Å²) >= 11 is 0. The molecule has 4 aliphatic carbocycles. The van der Waals surface area contributed by atoms with Crippen molar-refractivity contribution in [3.63, 3.8) is 0 Å². The minimum atomic E-state index is -0.263. The van der Waals surface area contributed by atoms with E-state index in [2.05, 4.69) is 19.0 Å². The van der Waals surface area contributed by atoms with Crippen LogP contribution >= 0.6 is 0 Å². The van der Waals surface area contributed by atoms with Gasteiger partial charge in [-0.1, -0.05) is 19.0 Å². The standard InChI is InChI=1S/C21H36N2O3/c1-20-7-5-13(23-26-10-9-22)11-17(20)18(24)12-14-15-3-4-19(25)21(15,2)8-6-16(14)20/h14-19,24-25H,3-12,22H2,1-2H3/b23-13+/t14-,15-,16-,17-,18+,19-,20+,21-/m0/s1. The van der Waals surface area contributed by atoms with E-state index in [1.54, 1.807) is 0 Å². The maximum absolute atomic E-state index is 11.1. The summed E-state index contributed by atoms with van der Waals surface area (Å²) in [4.78, 5) is 5.31. The number of hydrogen-bond donors (Lipinski definition) is 3. The zero-order chi connectivity index (χ0) is 18.5. The van der Waals surface area contributed by atoms with Gasteiger partial charge in [-0.25, -0.2) is 0 Å². The van der Waals surface area contributed by atoms with Gasteiger partial charge < -0.3 is 20.8 Å². The number of hydrogen-bond acceptors (Lipinski definition) is 5. The minimum absolute atomic E-state index is 0.0709. The first-order chi connectivity index (χ1) is 12.4. The summed E-state index contributed by atoms with van der Waals surface area (Å²) in [7, 11) is 0. The minimum Gasteiger partial charge on any atom is -0.395 e. The Labute approximate surface area is 157 Å². The fourth-order valence-electron chi connectivity index (χ4n) is 7.35. The first kappa shape index (κ1) is 18.7. The van der Waals surface area contributed by atoms with Crippen LogP contribution in [-0.4, -0.2) is 41.3 Å². The van der Waals surface area contributed by atoms with Crippen LogP contribution in [-0.2, 0) is 4.84 Å². The highest BCUT2D eigenvalue weighted by molar-refractivity contribution is 5.85. The molecule has 4 saturated carbocycles. The molecule has 5 heteroatoms. The summed E-state index contributed by atoms with van der Waals surface area (Å²) in [5, 5.41) is 26.0. The van der Waals surface area contributed by atoms with Gasteiger partial charge in [0, 0.05) is 6.54 Å². The fraction of sp³-hybridized carbons (Fsp3) is 0.952. The summed E-state index contributed by atoms with van der Waals surface area (Å²) in [6.07, 6.45) is 7.81. The predicted molar refractivity (Wildman–Crippen MR) is 102 cm³/mol. The van der Waals surface area contributed by atoms with Crippen molar-refractivity contribution in [1.82, 2.24) is 0 Å². The molecule has 0 spiro atoms. The highest BCUT2D eigenvalue weighted by Crippen LogP contribution is 2.65. The van der Waals surface area contributed by atoms with Gasteiger partial charge in [-0.05, 0) is 85.9 Å². The maximum atomic E-state index is 11.1. The van der Waals surface area contributed by atoms with Gasteiger partial charge in [0.05, 0.1) is 17.9 Å². The van der Waals surface area contributed by atoms with E-state index in [1.807, 2.05) is 0 Å². The number of fused-ring (bicyclic) bond motifs is 5. The van der Waals surface area contributed by atoms with Crippen molar-refractivity contribution < 1.29 is 15.1 Å². The molecule has 0 aromatic rings. The highest BCUT2D eigenvalue weighted by Gasteiger charge is 2.61. The molecule has 0 saturated heterocycles. The second-order valence-corrected chi connectivity index (χ2v) is 9.91. The molecule has 5 nitrogen and oxygen atoms in total. The van der Waals surface area contributed by atoms with Crippen molar-refractivity contribution >= 4 is 5.71 Å². The van der Waals surface area contributed by atoms with Gasteiger partial charge in [0.25, 0.3) is 0 Å². The van der Waals surface area contributed by atoms with Crippen LogP contribution < -0.4 is 5.73 Å². The Hall–Kier alpha value is -0.650. The van der Waals surface area contributed by atoms with Gasteiger partial charge in [-0.2, -0.15) is 0 Å². The molecule has 0 radical (unpaired) electrons. The zero-order valence-electron chi connectivity index (χ0n) is 16.4. The molecule has 0 aromatic carbocycles. The number of nitrogens with two attached hydrogens (primary N) is 1. The summed E-state index contributed by atoms with van der Waals surface area (Å²) < 4.78 is 0. The zero-order valence-corrected chi connectivity index (χ0v) is 16.4. The Balaban J connectivity index is 1.55. The van der Waals surface area contributed by atoms with Crippen LogP contribution in [0.3, 0.4) is 0 Å². The normalized spacial score (nSPS) is 52.3. The molecule has 4 fully saturated rings. The van der Waals surface area contributed by atoms with Gasteiger partial charge >= 0.3 is 0 Å². The monoisotopic (exact) mass is 364 g/mol. The third-order valence-electron chi connectivity index (χ3n) is 8.87. The molecule has 148 valence electrons. The smallest absolute Gasteiger partial charge is 0.129 e. The summed E-state index contributed by atoms with van der Waals surface area (Å²) in [5.74, 6) is 2.10. The summed E-state index contributed by atoms with van der Waals surface area (Å²) in [6, 6.07) is 0. The lowest BCUT2D eigenvalue weighted by atomic mass is 9.44. The third-order valence-corrected chi connectivity index (χ3v) is 8.87. The topological polar surface area (TPSA) is 88.1 Å². The Kier molecular flexibility index (Phi) is 4.85. The molecule has 0 bridgehead atoms. The molecule has 0 amide bonds. The van der Waals surface area contributed by atoms with Gasteiger partial charge in [-0.3, -0.25) is 0 Å². The number of oxime groups is 1. The second kappa shape index (κ2) is 6.75. The predicted octanol–water partition coefficient (Wildman–Crippen LogP) is 2.69. The van der Waals surface area contributed by atoms with E-state index < -0.39 is 0 Å². The summed E-state index contributed by atoms with van der Waals surface area (Å²) in [5.41, 5.74) is 6.83. The van der Waals surface area contributed by atoms with E-state index in [0.29, 0.717) is 30.9 Å². The second-order valence-electron chi connectivity index (χ2n) is 9.91. The van der Waals surface area contributed by atoms with E-state index in [1.165, 1.54) is 6.42 Å². The van der Waals surface area contributed by atoms with Crippen molar-refractivity contribution in [1.29, 1.82) is 0 Å². The lowest BCUT2D eigenvalue weighted by Crippen LogP contribution is -2.58. The van der Waals surface area contributed by atoms with Crippen LogP contribution in [0.5, 0.6) is 0 Å². The lowest BCUT2D eigenvalue weighted by Gasteiger charge is -2.61. The average molecular weight is 365 g/mol. The third kappa shape index (κ3) is 2.73. The van der Waals surface area contributed by atoms with Crippen LogP contribution in [0.1, 0.15) is 65.2 Å². The fourth-order valence-corrected chi connectivity index (χ4v) is 7.35. The molecule has 0 unspecified atom stereocenters. The quantitative estimate of drug-likeness (QED) is 0.531. The van der Waals surface area contributed by atoms with E-state index in [4.69, 9.17) is 10.6 Å². The van der Waals surface area contributed by atoms with Gasteiger partial charge in [0.15, 0.2) is 0 Å². The Morgan fingerprint density at radius 3 is 2.62 bits per heavy atom. The summed E-state index contributed by atoms with van der Waals surface area (Å²) in [6.45, 7) is 5.66. The highest BCUT2D eigenvalue weighted by atomic mass is 16.6. The van der Waals surface area contributed by atoms with E-state index in [-0.39, 0.29) is 29.0 Å². The van der Waals surface area contributed by atoms with E-state index in [0.717, 1.165) is 50.7 Å². The Morgan fingerprint density at radius 2 is 1.85 bits per heavy atom. The molecule has 4 rings (SSSR count). The average Bonchev–Trinajstić information content (AvgIpc) is 2.92. The number of aliphatic hydroxyl groups is 2. The van der Waals surface area contributed by atoms with Crippen LogP contribution in [0.4, 0.5) is 0 Å². The molecule has 26 heavy (non-hydrogen) atoms. The molecule has 4 N–H and O–H groups in total.